The van der Waals surface area contributed by atoms with Crippen LogP contribution in [0.15, 0.2) is 53.1 Å². The van der Waals surface area contributed by atoms with Gasteiger partial charge < -0.3 is 18.9 Å². The maximum absolute atomic E-state index is 13.0. The lowest BCUT2D eigenvalue weighted by Gasteiger charge is -2.32. The van der Waals surface area contributed by atoms with Crippen molar-refractivity contribution in [3.05, 3.63) is 60.2 Å². The van der Waals surface area contributed by atoms with Crippen LogP contribution in [0.5, 0.6) is 5.75 Å². The van der Waals surface area contributed by atoms with Crippen LogP contribution in [0.2, 0.25) is 0 Å². The third-order valence-electron chi connectivity index (χ3n) is 4.33. The molecule has 1 aliphatic rings. The largest absolute Gasteiger partial charge is 0.475 e. The maximum atomic E-state index is 13.0. The number of esters is 1. The predicted molar refractivity (Wildman–Crippen MR) is 98.4 cm³/mol. The number of benzene rings is 2. The highest BCUT2D eigenvalue weighted by molar-refractivity contribution is 5.95. The lowest BCUT2D eigenvalue weighted by atomic mass is 10.2. The number of rotatable bonds is 4. The molecule has 0 saturated carbocycles. The van der Waals surface area contributed by atoms with E-state index in [9.17, 15) is 14.0 Å². The summed E-state index contributed by atoms with van der Waals surface area (Å²) in [7, 11) is 0. The number of hydrogen-bond donors (Lipinski definition) is 0. The number of amides is 1. The van der Waals surface area contributed by atoms with Gasteiger partial charge in [-0.1, -0.05) is 17.3 Å². The van der Waals surface area contributed by atoms with Crippen LogP contribution in [0.4, 0.5) is 10.1 Å². The van der Waals surface area contributed by atoms with Gasteiger partial charge in [0.05, 0.1) is 12.2 Å². The van der Waals surface area contributed by atoms with Gasteiger partial charge >= 0.3 is 5.97 Å². The highest BCUT2D eigenvalue weighted by Gasteiger charge is 2.33. The van der Waals surface area contributed by atoms with Crippen LogP contribution in [0.1, 0.15) is 12.8 Å². The molecule has 0 aliphatic carbocycles. The topological polar surface area (TPSA) is 94.8 Å². The van der Waals surface area contributed by atoms with E-state index in [2.05, 4.69) is 10.1 Å². The van der Waals surface area contributed by atoms with Gasteiger partial charge in [0, 0.05) is 12.5 Å². The average Bonchev–Trinajstić information content (AvgIpc) is 3.20. The molecule has 8 nitrogen and oxygen atoms in total. The molecular weight excluding hydrogens is 381 g/mol. The smallest absolute Gasteiger partial charge is 0.349 e. The Morgan fingerprint density at radius 3 is 2.72 bits per heavy atom. The Bertz CT molecular complexity index is 1050. The van der Waals surface area contributed by atoms with E-state index in [0.29, 0.717) is 17.0 Å². The summed E-state index contributed by atoms with van der Waals surface area (Å²) in [6.45, 7) is 1.20. The summed E-state index contributed by atoms with van der Waals surface area (Å²) in [6, 6.07) is 12.5. The predicted octanol–water partition coefficient (Wildman–Crippen LogP) is 2.73. The highest BCUT2D eigenvalue weighted by atomic mass is 19.1. The van der Waals surface area contributed by atoms with Crippen molar-refractivity contribution in [3.63, 3.8) is 0 Å². The standard InChI is InChI=1S/C20H16FN3O5/c1-12(25)24-10-17(28-16-5-3-2-4-15(16)24)20(26)27-11-18-22-19(23-29-18)13-6-8-14(21)9-7-13/h2-9,17H,10-11H2,1H3. The van der Waals surface area contributed by atoms with Crippen LogP contribution in [0, 0.1) is 5.82 Å². The first kappa shape index (κ1) is 18.6. The van der Waals surface area contributed by atoms with Crippen LogP contribution in [0.3, 0.4) is 0 Å². The molecule has 4 rings (SSSR count). The van der Waals surface area contributed by atoms with Crippen LogP contribution in [0.25, 0.3) is 11.4 Å². The van der Waals surface area contributed by atoms with E-state index in [1.54, 1.807) is 24.3 Å². The summed E-state index contributed by atoms with van der Waals surface area (Å²) in [5.41, 5.74) is 1.17. The summed E-state index contributed by atoms with van der Waals surface area (Å²) >= 11 is 0. The SMILES string of the molecule is CC(=O)N1CC(C(=O)OCc2nc(-c3ccc(F)cc3)no2)Oc2ccccc21. The maximum Gasteiger partial charge on any atom is 0.349 e. The van der Waals surface area contributed by atoms with Gasteiger partial charge in [-0.05, 0) is 36.4 Å². The van der Waals surface area contributed by atoms with Gasteiger partial charge in [0.25, 0.3) is 5.89 Å². The molecule has 0 N–H and O–H groups in total. The van der Waals surface area contributed by atoms with Crippen LogP contribution in [-0.4, -0.2) is 34.7 Å². The molecule has 1 unspecified atom stereocenters. The molecule has 0 saturated heterocycles. The quantitative estimate of drug-likeness (QED) is 0.625. The van der Waals surface area contributed by atoms with Gasteiger partial charge in [-0.3, -0.25) is 4.79 Å². The van der Waals surface area contributed by atoms with Crippen molar-refractivity contribution in [1.82, 2.24) is 10.1 Å². The zero-order valence-electron chi connectivity index (χ0n) is 15.4. The molecule has 0 bridgehead atoms. The molecule has 2 heterocycles. The van der Waals surface area contributed by atoms with Gasteiger partial charge in [0.1, 0.15) is 11.6 Å². The van der Waals surface area contributed by atoms with Crippen molar-refractivity contribution >= 4 is 17.6 Å². The van der Waals surface area contributed by atoms with Crippen molar-refractivity contribution in [3.8, 4) is 17.1 Å². The van der Waals surface area contributed by atoms with Crippen molar-refractivity contribution in [1.29, 1.82) is 0 Å². The minimum absolute atomic E-state index is 0.0375. The second-order valence-corrected chi connectivity index (χ2v) is 6.33. The fourth-order valence-corrected chi connectivity index (χ4v) is 2.91. The number of carbonyl (C=O) groups excluding carboxylic acids is 2. The van der Waals surface area contributed by atoms with E-state index in [0.717, 1.165) is 0 Å². The lowest BCUT2D eigenvalue weighted by molar-refractivity contribution is -0.154. The Morgan fingerprint density at radius 1 is 1.21 bits per heavy atom. The van der Waals surface area contributed by atoms with Gasteiger partial charge in [-0.2, -0.15) is 4.98 Å². The summed E-state index contributed by atoms with van der Waals surface area (Å²) in [5, 5.41) is 3.79. The van der Waals surface area contributed by atoms with E-state index in [-0.39, 0.29) is 36.6 Å². The average molecular weight is 397 g/mol. The van der Waals surface area contributed by atoms with Crippen LogP contribution >= 0.6 is 0 Å². The molecule has 29 heavy (non-hydrogen) atoms. The first-order valence-corrected chi connectivity index (χ1v) is 8.80. The van der Waals surface area contributed by atoms with Gasteiger partial charge in [-0.25, -0.2) is 9.18 Å². The van der Waals surface area contributed by atoms with E-state index in [1.807, 2.05) is 0 Å². The van der Waals surface area contributed by atoms with Crippen molar-refractivity contribution in [2.24, 2.45) is 0 Å². The summed E-state index contributed by atoms with van der Waals surface area (Å²) < 4.78 is 29.0. The number of nitrogens with zero attached hydrogens (tertiary/aromatic N) is 3. The molecule has 1 aliphatic heterocycles. The first-order chi connectivity index (χ1) is 14.0. The Labute approximate surface area is 164 Å². The Kier molecular flexibility index (Phi) is 4.94. The van der Waals surface area contributed by atoms with E-state index in [4.69, 9.17) is 14.0 Å². The molecule has 2 aromatic carbocycles. The third-order valence-corrected chi connectivity index (χ3v) is 4.33. The highest BCUT2D eigenvalue weighted by Crippen LogP contribution is 2.33. The second kappa shape index (κ2) is 7.70. The molecule has 1 atom stereocenters. The number of aromatic nitrogens is 2. The Hall–Kier alpha value is -3.75. The summed E-state index contributed by atoms with van der Waals surface area (Å²) in [6.07, 6.45) is -0.978. The molecule has 3 aromatic rings. The monoisotopic (exact) mass is 397 g/mol. The number of para-hydroxylation sites is 2. The van der Waals surface area contributed by atoms with Gasteiger partial charge in [0.2, 0.25) is 17.8 Å². The molecule has 9 heteroatoms. The zero-order chi connectivity index (χ0) is 20.4. The van der Waals surface area contributed by atoms with E-state index >= 15 is 0 Å². The molecule has 148 valence electrons. The molecule has 1 amide bonds. The van der Waals surface area contributed by atoms with Gasteiger partial charge in [0.15, 0.2) is 6.61 Å². The minimum Gasteiger partial charge on any atom is -0.475 e. The third kappa shape index (κ3) is 3.93. The lowest BCUT2D eigenvalue weighted by Crippen LogP contribution is -2.47. The molecule has 0 fully saturated rings. The van der Waals surface area contributed by atoms with E-state index in [1.165, 1.54) is 36.1 Å². The van der Waals surface area contributed by atoms with Gasteiger partial charge in [-0.15, -0.1) is 0 Å². The van der Waals surface area contributed by atoms with Crippen molar-refractivity contribution in [2.75, 3.05) is 11.4 Å². The summed E-state index contributed by atoms with van der Waals surface area (Å²) in [4.78, 5) is 30.0. The number of ether oxygens (including phenoxy) is 2. The first-order valence-electron chi connectivity index (χ1n) is 8.80. The number of anilines is 1. The Balaban J connectivity index is 1.41. The normalized spacial score (nSPS) is 15.4. The number of halogens is 1. The van der Waals surface area contributed by atoms with Crippen molar-refractivity contribution in [2.45, 2.75) is 19.6 Å². The van der Waals surface area contributed by atoms with Crippen molar-refractivity contribution < 1.29 is 28.0 Å². The molecule has 1 aromatic heterocycles. The number of hydrogen-bond acceptors (Lipinski definition) is 7. The molecule has 0 radical (unpaired) electrons. The fourth-order valence-electron chi connectivity index (χ4n) is 2.91. The fraction of sp³-hybridized carbons (Fsp3) is 0.200. The number of carbonyl (C=O) groups is 2. The molecule has 0 spiro atoms. The number of fused-ring (bicyclic) bond motifs is 1. The van der Waals surface area contributed by atoms with Crippen LogP contribution in [-0.2, 0) is 20.9 Å². The minimum atomic E-state index is -0.978. The van der Waals surface area contributed by atoms with E-state index < -0.39 is 12.1 Å². The Morgan fingerprint density at radius 2 is 1.97 bits per heavy atom. The summed E-state index contributed by atoms with van der Waals surface area (Å²) in [5.74, 6) is -0.488. The second-order valence-electron chi connectivity index (χ2n) is 6.33. The zero-order valence-corrected chi connectivity index (χ0v) is 15.4. The van der Waals surface area contributed by atoms with Crippen LogP contribution < -0.4 is 9.64 Å². The molecular formula is C20H16FN3O5.